The quantitative estimate of drug-likeness (QED) is 0.779. The van der Waals surface area contributed by atoms with Crippen molar-refractivity contribution in [2.24, 2.45) is 5.92 Å². The molecule has 1 aromatic carbocycles. The van der Waals surface area contributed by atoms with Gasteiger partial charge in [0, 0.05) is 17.8 Å². The zero-order valence-corrected chi connectivity index (χ0v) is 11.4. The van der Waals surface area contributed by atoms with E-state index >= 15 is 0 Å². The summed E-state index contributed by atoms with van der Waals surface area (Å²) < 4.78 is 0. The third kappa shape index (κ3) is 2.93. The standard InChI is InChI=1S/C16H24N2O/c19-11-12-6-8-13(9-7-12)18-16-4-1-3-14(16)15-5-2-10-17-15/h6-9,14-19H,1-5,10-11H2. The fraction of sp³-hybridized carbons (Fsp3) is 0.625. The number of hydrogen-bond acceptors (Lipinski definition) is 3. The molecule has 0 amide bonds. The van der Waals surface area contributed by atoms with Gasteiger partial charge >= 0.3 is 0 Å². The molecule has 3 unspecified atom stereocenters. The van der Waals surface area contributed by atoms with Crippen molar-refractivity contribution < 1.29 is 5.11 Å². The molecule has 0 spiro atoms. The molecule has 0 radical (unpaired) electrons. The molecule has 3 rings (SSSR count). The van der Waals surface area contributed by atoms with E-state index < -0.39 is 0 Å². The topological polar surface area (TPSA) is 44.3 Å². The maximum atomic E-state index is 9.07. The Morgan fingerprint density at radius 1 is 1.11 bits per heavy atom. The highest BCUT2D eigenvalue weighted by atomic mass is 16.3. The van der Waals surface area contributed by atoms with Crippen molar-refractivity contribution in [1.29, 1.82) is 0 Å². The highest BCUT2D eigenvalue weighted by molar-refractivity contribution is 5.45. The second-order valence-electron chi connectivity index (χ2n) is 5.90. The van der Waals surface area contributed by atoms with Crippen LogP contribution in [-0.4, -0.2) is 23.7 Å². The van der Waals surface area contributed by atoms with Crippen LogP contribution in [0.5, 0.6) is 0 Å². The van der Waals surface area contributed by atoms with Crippen LogP contribution in [0.2, 0.25) is 0 Å². The van der Waals surface area contributed by atoms with Crippen LogP contribution in [0.25, 0.3) is 0 Å². The van der Waals surface area contributed by atoms with Gasteiger partial charge in [-0.1, -0.05) is 18.6 Å². The SMILES string of the molecule is OCc1ccc(NC2CCCC2C2CCCN2)cc1. The number of nitrogens with one attached hydrogen (secondary N) is 2. The molecule has 1 aliphatic heterocycles. The van der Waals surface area contributed by atoms with E-state index in [4.69, 9.17) is 5.11 Å². The Morgan fingerprint density at radius 3 is 2.63 bits per heavy atom. The van der Waals surface area contributed by atoms with Gasteiger partial charge in [-0.05, 0) is 55.8 Å². The molecule has 19 heavy (non-hydrogen) atoms. The first-order valence-electron chi connectivity index (χ1n) is 7.56. The van der Waals surface area contributed by atoms with E-state index in [2.05, 4.69) is 22.8 Å². The number of hydrogen-bond donors (Lipinski definition) is 3. The van der Waals surface area contributed by atoms with Gasteiger partial charge in [-0.2, -0.15) is 0 Å². The van der Waals surface area contributed by atoms with Crippen LogP contribution in [0.15, 0.2) is 24.3 Å². The summed E-state index contributed by atoms with van der Waals surface area (Å²) in [5, 5.41) is 16.4. The lowest BCUT2D eigenvalue weighted by atomic mass is 9.93. The van der Waals surface area contributed by atoms with Crippen LogP contribution >= 0.6 is 0 Å². The van der Waals surface area contributed by atoms with Crippen molar-refractivity contribution in [3.63, 3.8) is 0 Å². The van der Waals surface area contributed by atoms with Crippen molar-refractivity contribution in [3.8, 4) is 0 Å². The van der Waals surface area contributed by atoms with Gasteiger partial charge < -0.3 is 15.7 Å². The summed E-state index contributed by atoms with van der Waals surface area (Å²) >= 11 is 0. The summed E-state index contributed by atoms with van der Waals surface area (Å²) in [5.74, 6) is 0.778. The van der Waals surface area contributed by atoms with E-state index in [0.717, 1.165) is 17.5 Å². The first-order valence-corrected chi connectivity index (χ1v) is 7.56. The predicted molar refractivity (Wildman–Crippen MR) is 78.1 cm³/mol. The molecule has 2 fully saturated rings. The summed E-state index contributed by atoms with van der Waals surface area (Å²) in [4.78, 5) is 0. The van der Waals surface area contributed by atoms with E-state index in [1.165, 1.54) is 44.3 Å². The highest BCUT2D eigenvalue weighted by Gasteiger charge is 2.34. The fourth-order valence-corrected chi connectivity index (χ4v) is 3.65. The molecule has 0 bridgehead atoms. The molecule has 0 aromatic heterocycles. The number of rotatable bonds is 4. The zero-order valence-electron chi connectivity index (χ0n) is 11.4. The van der Waals surface area contributed by atoms with Gasteiger partial charge in [0.05, 0.1) is 6.61 Å². The average molecular weight is 260 g/mol. The van der Waals surface area contributed by atoms with Gasteiger partial charge in [0.1, 0.15) is 0 Å². The second-order valence-corrected chi connectivity index (χ2v) is 5.90. The van der Waals surface area contributed by atoms with Crippen LogP contribution in [0, 0.1) is 5.92 Å². The van der Waals surface area contributed by atoms with Gasteiger partial charge in [-0.15, -0.1) is 0 Å². The van der Waals surface area contributed by atoms with E-state index in [1.807, 2.05) is 12.1 Å². The van der Waals surface area contributed by atoms with Crippen molar-refractivity contribution >= 4 is 5.69 Å². The minimum atomic E-state index is 0.123. The molecule has 3 N–H and O–H groups in total. The Balaban J connectivity index is 1.63. The number of aliphatic hydroxyl groups excluding tert-OH is 1. The van der Waals surface area contributed by atoms with Gasteiger partial charge in [-0.3, -0.25) is 0 Å². The maximum Gasteiger partial charge on any atom is 0.0681 e. The van der Waals surface area contributed by atoms with Crippen molar-refractivity contribution in [2.45, 2.75) is 50.8 Å². The van der Waals surface area contributed by atoms with Crippen molar-refractivity contribution in [2.75, 3.05) is 11.9 Å². The first kappa shape index (κ1) is 12.9. The molecule has 3 atom stereocenters. The van der Waals surface area contributed by atoms with Crippen LogP contribution in [0.4, 0.5) is 5.69 Å². The van der Waals surface area contributed by atoms with E-state index in [-0.39, 0.29) is 6.61 Å². The maximum absolute atomic E-state index is 9.07. The van der Waals surface area contributed by atoms with Gasteiger partial charge in [0.25, 0.3) is 0 Å². The third-order valence-electron chi connectivity index (χ3n) is 4.67. The molecular formula is C16H24N2O. The minimum absolute atomic E-state index is 0.123. The molecule has 1 saturated carbocycles. The molecular weight excluding hydrogens is 236 g/mol. The average Bonchev–Trinajstić information content (AvgIpc) is 3.10. The summed E-state index contributed by atoms with van der Waals surface area (Å²) in [6.07, 6.45) is 6.65. The van der Waals surface area contributed by atoms with Crippen LogP contribution in [0.1, 0.15) is 37.7 Å². The Morgan fingerprint density at radius 2 is 1.95 bits per heavy atom. The second kappa shape index (κ2) is 5.93. The summed E-state index contributed by atoms with van der Waals surface area (Å²) in [7, 11) is 0. The number of anilines is 1. The number of aliphatic hydroxyl groups is 1. The van der Waals surface area contributed by atoms with E-state index in [9.17, 15) is 0 Å². The van der Waals surface area contributed by atoms with E-state index in [1.54, 1.807) is 0 Å². The lowest BCUT2D eigenvalue weighted by Gasteiger charge is -2.27. The number of benzene rings is 1. The lowest BCUT2D eigenvalue weighted by molar-refractivity contribution is 0.282. The first-order chi connectivity index (χ1) is 9.36. The third-order valence-corrected chi connectivity index (χ3v) is 4.67. The molecule has 3 heteroatoms. The van der Waals surface area contributed by atoms with Crippen molar-refractivity contribution in [1.82, 2.24) is 5.32 Å². The predicted octanol–water partition coefficient (Wildman–Crippen LogP) is 2.51. The smallest absolute Gasteiger partial charge is 0.0681 e. The highest BCUT2D eigenvalue weighted by Crippen LogP contribution is 2.33. The lowest BCUT2D eigenvalue weighted by Crippen LogP contribution is -2.38. The normalized spacial score (nSPS) is 30.7. The van der Waals surface area contributed by atoms with Crippen LogP contribution < -0.4 is 10.6 Å². The molecule has 104 valence electrons. The largest absolute Gasteiger partial charge is 0.392 e. The van der Waals surface area contributed by atoms with Gasteiger partial charge in [0.2, 0.25) is 0 Å². The summed E-state index contributed by atoms with van der Waals surface area (Å²) in [5.41, 5.74) is 2.16. The van der Waals surface area contributed by atoms with Gasteiger partial charge in [-0.25, -0.2) is 0 Å². The van der Waals surface area contributed by atoms with E-state index in [0.29, 0.717) is 6.04 Å². The summed E-state index contributed by atoms with van der Waals surface area (Å²) in [6, 6.07) is 9.50. The molecule has 1 saturated heterocycles. The molecule has 2 aliphatic rings. The zero-order chi connectivity index (χ0) is 13.1. The van der Waals surface area contributed by atoms with Crippen LogP contribution in [-0.2, 0) is 6.61 Å². The monoisotopic (exact) mass is 260 g/mol. The molecule has 1 aliphatic carbocycles. The summed E-state index contributed by atoms with van der Waals surface area (Å²) in [6.45, 7) is 1.32. The fourth-order valence-electron chi connectivity index (χ4n) is 3.65. The molecule has 1 heterocycles. The Kier molecular flexibility index (Phi) is 4.04. The molecule has 1 aromatic rings. The molecule has 3 nitrogen and oxygen atoms in total. The minimum Gasteiger partial charge on any atom is -0.392 e. The van der Waals surface area contributed by atoms with Crippen molar-refractivity contribution in [3.05, 3.63) is 29.8 Å². The Labute approximate surface area is 115 Å². The Bertz CT molecular complexity index is 398. The Hall–Kier alpha value is -1.06. The van der Waals surface area contributed by atoms with Gasteiger partial charge in [0.15, 0.2) is 0 Å². The van der Waals surface area contributed by atoms with Crippen LogP contribution in [0.3, 0.4) is 0 Å².